The average Bonchev–Trinajstić information content (AvgIpc) is 2.66. The molecule has 3 atom stereocenters. The number of hydrogen-bond donors (Lipinski definition) is 2. The van der Waals surface area contributed by atoms with Gasteiger partial charge in [0.25, 0.3) is 0 Å². The highest BCUT2D eigenvalue weighted by atomic mass is 16.3. The lowest BCUT2D eigenvalue weighted by Crippen LogP contribution is -2.57. The molecular weight excluding hydrogens is 336 g/mol. The van der Waals surface area contributed by atoms with Crippen molar-refractivity contribution >= 4 is 0 Å². The van der Waals surface area contributed by atoms with E-state index in [9.17, 15) is 10.2 Å². The van der Waals surface area contributed by atoms with Crippen molar-refractivity contribution in [2.45, 2.75) is 38.6 Å². The van der Waals surface area contributed by atoms with E-state index in [2.05, 4.69) is 48.4 Å². The molecule has 0 bridgehead atoms. The normalized spacial score (nSPS) is 22.5. The Kier molecular flexibility index (Phi) is 6.32. The molecule has 2 aromatic rings. The van der Waals surface area contributed by atoms with Gasteiger partial charge < -0.3 is 10.2 Å². The standard InChI is InChI=1S/C23H30N2O2/c1-4-12-24-14-18(3)25(15-17(24)2)23(21-6-5-7-22(27)13-21)20-10-8-19(16-26)9-11-20/h4-11,13,17-18,23,26-27H,1,12,14-16H2,2-3H3/t17-,18+,23?/m1/s1. The second-order valence-electron chi connectivity index (χ2n) is 7.53. The maximum atomic E-state index is 10.0. The van der Waals surface area contributed by atoms with E-state index >= 15 is 0 Å². The molecule has 4 nitrogen and oxygen atoms in total. The van der Waals surface area contributed by atoms with Crippen molar-refractivity contribution in [2.24, 2.45) is 0 Å². The summed E-state index contributed by atoms with van der Waals surface area (Å²) in [6.07, 6.45) is 1.97. The molecule has 2 N–H and O–H groups in total. The fourth-order valence-corrected chi connectivity index (χ4v) is 4.08. The molecule has 0 spiro atoms. The third-order valence-electron chi connectivity index (χ3n) is 5.52. The molecule has 27 heavy (non-hydrogen) atoms. The van der Waals surface area contributed by atoms with Crippen molar-refractivity contribution in [2.75, 3.05) is 19.6 Å². The Bertz CT molecular complexity index is 759. The molecule has 2 aromatic carbocycles. The van der Waals surface area contributed by atoms with Crippen LogP contribution in [-0.2, 0) is 6.61 Å². The van der Waals surface area contributed by atoms with E-state index in [1.54, 1.807) is 6.07 Å². The number of benzene rings is 2. The Balaban J connectivity index is 1.97. The lowest BCUT2D eigenvalue weighted by atomic mass is 9.93. The summed E-state index contributed by atoms with van der Waals surface area (Å²) in [4.78, 5) is 4.98. The van der Waals surface area contributed by atoms with Crippen LogP contribution in [0.5, 0.6) is 5.75 Å². The number of hydrogen-bond acceptors (Lipinski definition) is 4. The monoisotopic (exact) mass is 366 g/mol. The summed E-state index contributed by atoms with van der Waals surface area (Å²) >= 11 is 0. The quantitative estimate of drug-likeness (QED) is 0.768. The number of aliphatic hydroxyl groups is 1. The Hall–Kier alpha value is -2.14. The first-order valence-corrected chi connectivity index (χ1v) is 9.62. The van der Waals surface area contributed by atoms with Crippen LogP contribution in [-0.4, -0.2) is 51.7 Å². The fraction of sp³-hybridized carbons (Fsp3) is 0.391. The number of nitrogens with zero attached hydrogens (tertiary/aromatic N) is 2. The zero-order valence-electron chi connectivity index (χ0n) is 16.3. The molecule has 0 aromatic heterocycles. The Morgan fingerprint density at radius 1 is 1.07 bits per heavy atom. The van der Waals surface area contributed by atoms with E-state index in [4.69, 9.17) is 0 Å². The molecule has 0 radical (unpaired) electrons. The summed E-state index contributed by atoms with van der Waals surface area (Å²) in [7, 11) is 0. The van der Waals surface area contributed by atoms with Crippen LogP contribution in [0.1, 0.15) is 36.6 Å². The predicted molar refractivity (Wildman–Crippen MR) is 110 cm³/mol. The topological polar surface area (TPSA) is 46.9 Å². The van der Waals surface area contributed by atoms with Crippen LogP contribution >= 0.6 is 0 Å². The number of piperazine rings is 1. The Labute approximate surface area is 162 Å². The molecule has 4 heteroatoms. The first kappa shape index (κ1) is 19.6. The molecule has 0 amide bonds. The van der Waals surface area contributed by atoms with Crippen LogP contribution in [0.4, 0.5) is 0 Å². The second-order valence-corrected chi connectivity index (χ2v) is 7.53. The van der Waals surface area contributed by atoms with Crippen molar-refractivity contribution in [3.8, 4) is 5.75 Å². The first-order valence-electron chi connectivity index (χ1n) is 9.62. The zero-order valence-corrected chi connectivity index (χ0v) is 16.3. The highest BCUT2D eigenvalue weighted by molar-refractivity contribution is 5.37. The maximum Gasteiger partial charge on any atom is 0.115 e. The minimum Gasteiger partial charge on any atom is -0.508 e. The van der Waals surface area contributed by atoms with Gasteiger partial charge in [0, 0.05) is 31.7 Å². The van der Waals surface area contributed by atoms with Crippen LogP contribution in [0, 0.1) is 0 Å². The summed E-state index contributed by atoms with van der Waals surface area (Å²) in [6.45, 7) is 11.3. The third kappa shape index (κ3) is 4.41. The van der Waals surface area contributed by atoms with E-state index in [1.165, 1.54) is 5.56 Å². The summed E-state index contributed by atoms with van der Waals surface area (Å²) in [6, 6.07) is 16.6. The van der Waals surface area contributed by atoms with Crippen molar-refractivity contribution in [1.82, 2.24) is 9.80 Å². The molecule has 1 fully saturated rings. The van der Waals surface area contributed by atoms with Gasteiger partial charge in [-0.25, -0.2) is 0 Å². The highest BCUT2D eigenvalue weighted by Crippen LogP contribution is 2.34. The molecule has 1 aliphatic rings. The number of phenolic OH excluding ortho intramolecular Hbond substituents is 1. The number of rotatable bonds is 6. The first-order chi connectivity index (χ1) is 13.0. The summed E-state index contributed by atoms with van der Waals surface area (Å²) in [5.74, 6) is 0.287. The lowest BCUT2D eigenvalue weighted by Gasteiger charge is -2.47. The molecular formula is C23H30N2O2. The molecule has 1 heterocycles. The average molecular weight is 367 g/mol. The van der Waals surface area contributed by atoms with Crippen molar-refractivity contribution in [1.29, 1.82) is 0 Å². The van der Waals surface area contributed by atoms with Crippen LogP contribution < -0.4 is 0 Å². The van der Waals surface area contributed by atoms with Crippen molar-refractivity contribution < 1.29 is 10.2 Å². The van der Waals surface area contributed by atoms with E-state index in [0.29, 0.717) is 12.1 Å². The molecule has 1 saturated heterocycles. The van der Waals surface area contributed by atoms with E-state index in [-0.39, 0.29) is 18.4 Å². The highest BCUT2D eigenvalue weighted by Gasteiger charge is 2.34. The van der Waals surface area contributed by atoms with Gasteiger partial charge in [0.2, 0.25) is 0 Å². The Morgan fingerprint density at radius 3 is 2.44 bits per heavy atom. The number of aromatic hydroxyl groups is 1. The third-order valence-corrected chi connectivity index (χ3v) is 5.52. The van der Waals surface area contributed by atoms with Gasteiger partial charge in [-0.15, -0.1) is 6.58 Å². The minimum absolute atomic E-state index is 0.0464. The van der Waals surface area contributed by atoms with Gasteiger partial charge >= 0.3 is 0 Å². The fourth-order valence-electron chi connectivity index (χ4n) is 4.08. The maximum absolute atomic E-state index is 10.0. The van der Waals surface area contributed by atoms with Gasteiger partial charge in [0.15, 0.2) is 0 Å². The number of phenols is 1. The molecule has 0 saturated carbocycles. The van der Waals surface area contributed by atoms with Crippen LogP contribution in [0.3, 0.4) is 0 Å². The van der Waals surface area contributed by atoms with Crippen LogP contribution in [0.15, 0.2) is 61.2 Å². The molecule has 1 aliphatic heterocycles. The molecule has 144 valence electrons. The van der Waals surface area contributed by atoms with Crippen molar-refractivity contribution in [3.63, 3.8) is 0 Å². The Morgan fingerprint density at radius 2 is 1.81 bits per heavy atom. The van der Waals surface area contributed by atoms with E-state index in [0.717, 1.165) is 30.8 Å². The van der Waals surface area contributed by atoms with E-state index < -0.39 is 0 Å². The van der Waals surface area contributed by atoms with Gasteiger partial charge in [0.05, 0.1) is 12.6 Å². The molecule has 1 unspecified atom stereocenters. The van der Waals surface area contributed by atoms with E-state index in [1.807, 2.05) is 30.3 Å². The van der Waals surface area contributed by atoms with Crippen LogP contribution in [0.2, 0.25) is 0 Å². The summed E-state index contributed by atoms with van der Waals surface area (Å²) in [5, 5.41) is 19.4. The predicted octanol–water partition coefficient (Wildman–Crippen LogP) is 3.55. The van der Waals surface area contributed by atoms with Gasteiger partial charge in [-0.05, 0) is 42.7 Å². The second kappa shape index (κ2) is 8.70. The molecule has 0 aliphatic carbocycles. The molecule has 3 rings (SSSR count). The van der Waals surface area contributed by atoms with Gasteiger partial charge in [-0.1, -0.05) is 42.5 Å². The van der Waals surface area contributed by atoms with Crippen molar-refractivity contribution in [3.05, 3.63) is 77.9 Å². The lowest BCUT2D eigenvalue weighted by molar-refractivity contribution is 0.0306. The summed E-state index contributed by atoms with van der Waals surface area (Å²) in [5.41, 5.74) is 3.17. The number of aliphatic hydroxyl groups excluding tert-OH is 1. The van der Waals surface area contributed by atoms with Gasteiger partial charge in [-0.3, -0.25) is 9.80 Å². The van der Waals surface area contributed by atoms with Crippen LogP contribution in [0.25, 0.3) is 0 Å². The summed E-state index contributed by atoms with van der Waals surface area (Å²) < 4.78 is 0. The zero-order chi connectivity index (χ0) is 19.4. The largest absolute Gasteiger partial charge is 0.508 e. The van der Waals surface area contributed by atoms with Gasteiger partial charge in [-0.2, -0.15) is 0 Å². The minimum atomic E-state index is 0.0464. The SMILES string of the molecule is C=CCN1C[C@H](C)N(C(c2ccc(CO)cc2)c2cccc(O)c2)C[C@H]1C. The smallest absolute Gasteiger partial charge is 0.115 e. The van der Waals surface area contributed by atoms with Gasteiger partial charge in [0.1, 0.15) is 5.75 Å².